The first-order valence-corrected chi connectivity index (χ1v) is 15.6. The Balaban J connectivity index is 1.41. The highest BCUT2D eigenvalue weighted by Gasteiger charge is 2.58. The Kier molecular flexibility index (Phi) is 9.85. The van der Waals surface area contributed by atoms with Crippen LogP contribution in [0.25, 0.3) is 21.2 Å². The maximum atomic E-state index is 14.4. The van der Waals surface area contributed by atoms with Crippen molar-refractivity contribution in [2.75, 3.05) is 6.61 Å². The lowest BCUT2D eigenvalue weighted by molar-refractivity contribution is -0.159. The minimum atomic E-state index is -4.63. The van der Waals surface area contributed by atoms with Crippen molar-refractivity contribution in [1.82, 2.24) is 9.99 Å². The number of esters is 1. The van der Waals surface area contributed by atoms with Crippen LogP contribution in [0.5, 0.6) is 5.75 Å². The molecule has 1 fully saturated rings. The predicted molar refractivity (Wildman–Crippen MR) is 161 cm³/mol. The third-order valence-electron chi connectivity index (χ3n) is 7.26. The molecule has 0 spiro atoms. The van der Waals surface area contributed by atoms with E-state index in [0.29, 0.717) is 5.39 Å². The summed E-state index contributed by atoms with van der Waals surface area (Å²) in [5.41, 5.74) is 7.64. The number of nitrogens with one attached hydrogen (secondary N) is 1. The number of hydrogen-bond donors (Lipinski definition) is 3. The summed E-state index contributed by atoms with van der Waals surface area (Å²) in [5.74, 6) is -1.91. The Hall–Kier alpha value is -4.59. The molecule has 6 atom stereocenters. The van der Waals surface area contributed by atoms with E-state index in [0.717, 1.165) is 28.1 Å². The molecule has 16 heteroatoms. The average Bonchev–Trinajstić information content (AvgIpc) is 3.29. The van der Waals surface area contributed by atoms with E-state index in [1.807, 2.05) is 6.07 Å². The maximum absolute atomic E-state index is 14.4. The smallest absolute Gasteiger partial charge is 0.459 e. The van der Waals surface area contributed by atoms with Gasteiger partial charge < -0.3 is 24.2 Å². The van der Waals surface area contributed by atoms with Gasteiger partial charge in [0.15, 0.2) is 12.0 Å². The number of carbonyl (C=O) groups is 3. The Morgan fingerprint density at radius 2 is 1.87 bits per heavy atom. The predicted octanol–water partition coefficient (Wildman–Crippen LogP) is 3.46. The Morgan fingerprint density at radius 3 is 2.61 bits per heavy atom. The zero-order valence-electron chi connectivity index (χ0n) is 24.4. The second-order valence-electron chi connectivity index (χ2n) is 10.5. The van der Waals surface area contributed by atoms with E-state index in [9.17, 15) is 34.7 Å². The molecule has 15 nitrogen and oxygen atoms in total. The van der Waals surface area contributed by atoms with Crippen LogP contribution in [-0.2, 0) is 39.6 Å². The number of benzene rings is 3. The van der Waals surface area contributed by atoms with Gasteiger partial charge in [-0.2, -0.15) is 5.09 Å². The fourth-order valence-electron chi connectivity index (χ4n) is 4.89. The van der Waals surface area contributed by atoms with Crippen LogP contribution in [0.2, 0.25) is 0 Å². The summed E-state index contributed by atoms with van der Waals surface area (Å²) in [6, 6.07) is 19.7. The van der Waals surface area contributed by atoms with E-state index in [2.05, 4.69) is 15.1 Å². The molecule has 3 aromatic rings. The molecule has 0 aromatic heterocycles. The van der Waals surface area contributed by atoms with E-state index in [-0.39, 0.29) is 12.4 Å². The van der Waals surface area contributed by atoms with Crippen molar-refractivity contribution in [3.63, 3.8) is 0 Å². The summed E-state index contributed by atoms with van der Waals surface area (Å²) in [6.45, 7) is 0.335. The number of hydrogen-bond acceptors (Lipinski definition) is 11. The number of aliphatic hydroxyl groups is 2. The Bertz CT molecular complexity index is 1740. The van der Waals surface area contributed by atoms with Crippen LogP contribution in [0.4, 0.5) is 0 Å². The minimum absolute atomic E-state index is 0.0599. The van der Waals surface area contributed by atoms with Crippen LogP contribution in [0.3, 0.4) is 0 Å². The molecule has 0 aliphatic carbocycles. The number of aliphatic hydroxyl groups excluding tert-OH is 2. The van der Waals surface area contributed by atoms with Crippen LogP contribution in [-0.4, -0.2) is 69.6 Å². The molecule has 3 aromatic carbocycles. The molecule has 0 radical (unpaired) electrons. The van der Waals surface area contributed by atoms with E-state index in [1.165, 1.54) is 13.0 Å². The van der Waals surface area contributed by atoms with Crippen molar-refractivity contribution >= 4 is 36.2 Å². The lowest BCUT2D eigenvalue weighted by Gasteiger charge is -2.31. The molecule has 0 bridgehead atoms. The fraction of sp³-hybridized carbons (Fsp3) is 0.300. The number of ketones is 1. The summed E-state index contributed by atoms with van der Waals surface area (Å²) >= 11 is 0. The van der Waals surface area contributed by atoms with Crippen molar-refractivity contribution in [3.8, 4) is 5.75 Å². The van der Waals surface area contributed by atoms with Gasteiger partial charge in [0, 0.05) is 16.5 Å². The third kappa shape index (κ3) is 7.11. The molecule has 2 aliphatic rings. The molecule has 46 heavy (non-hydrogen) atoms. The summed E-state index contributed by atoms with van der Waals surface area (Å²) < 4.78 is 37.0. The molecule has 240 valence electrons. The molecule has 1 amide bonds. The standard InChI is InChI=1S/C30H30N5O10P/c1-19(29(40)42-17-20-8-3-2-4-9-20)32-46(41,45-24-13-7-11-21-10-5-6-12-23(21)24)43-18-30(33-34-31)27(39)26(38)28(44-30)35-15-14-22(36)16-25(35)37/h2-15,19,26-28,38-39H,16-18H2,1H3,(H,32,41)/t19-,26+,27-,28+,30+,46?/m0/s1. The van der Waals surface area contributed by atoms with E-state index < -0.39 is 68.6 Å². The third-order valence-corrected chi connectivity index (χ3v) is 8.87. The molecule has 2 heterocycles. The summed E-state index contributed by atoms with van der Waals surface area (Å²) in [4.78, 5) is 40.6. The summed E-state index contributed by atoms with van der Waals surface area (Å²) in [7, 11) is -4.63. The van der Waals surface area contributed by atoms with Gasteiger partial charge >= 0.3 is 13.7 Å². The number of carbonyl (C=O) groups excluding carboxylic acids is 3. The highest BCUT2D eigenvalue weighted by Crippen LogP contribution is 2.49. The minimum Gasteiger partial charge on any atom is -0.460 e. The van der Waals surface area contributed by atoms with Crippen molar-refractivity contribution in [2.24, 2.45) is 5.11 Å². The van der Waals surface area contributed by atoms with Gasteiger partial charge in [0.25, 0.3) is 0 Å². The van der Waals surface area contributed by atoms with E-state index >= 15 is 0 Å². The molecular weight excluding hydrogens is 621 g/mol. The lowest BCUT2D eigenvalue weighted by Crippen LogP contribution is -2.46. The molecule has 3 N–H and O–H groups in total. The Morgan fingerprint density at radius 1 is 1.15 bits per heavy atom. The topological polar surface area (TPSA) is 210 Å². The van der Waals surface area contributed by atoms with Crippen LogP contribution >= 0.6 is 7.75 Å². The van der Waals surface area contributed by atoms with E-state index in [4.69, 9.17) is 18.5 Å². The van der Waals surface area contributed by atoms with Gasteiger partial charge in [-0.15, -0.1) is 0 Å². The lowest BCUT2D eigenvalue weighted by atomic mass is 10.1. The number of amides is 1. The van der Waals surface area contributed by atoms with Crippen LogP contribution in [0.1, 0.15) is 18.9 Å². The summed E-state index contributed by atoms with van der Waals surface area (Å²) in [6.07, 6.45) is -3.79. The first-order valence-electron chi connectivity index (χ1n) is 14.1. The van der Waals surface area contributed by atoms with Gasteiger partial charge in [0.1, 0.15) is 30.6 Å². The molecule has 0 saturated carbocycles. The molecule has 1 saturated heterocycles. The van der Waals surface area contributed by atoms with Crippen molar-refractivity contribution in [1.29, 1.82) is 0 Å². The van der Waals surface area contributed by atoms with Crippen molar-refractivity contribution in [3.05, 3.63) is 101 Å². The number of allylic oxidation sites excluding steroid dienone is 1. The monoisotopic (exact) mass is 651 g/mol. The number of nitrogens with zero attached hydrogens (tertiary/aromatic N) is 4. The maximum Gasteiger partial charge on any atom is 0.459 e. The molecular formula is C30H30N5O10P. The number of fused-ring (bicyclic) bond motifs is 1. The van der Waals surface area contributed by atoms with Gasteiger partial charge in [-0.1, -0.05) is 71.8 Å². The number of azide groups is 1. The Labute approximate surface area is 262 Å². The zero-order valence-corrected chi connectivity index (χ0v) is 25.3. The van der Waals surface area contributed by atoms with Gasteiger partial charge in [0.2, 0.25) is 11.6 Å². The second kappa shape index (κ2) is 13.8. The fourth-order valence-corrected chi connectivity index (χ4v) is 6.42. The first kappa shape index (κ1) is 32.8. The number of rotatable bonds is 12. The van der Waals surface area contributed by atoms with Gasteiger partial charge in [-0.25, -0.2) is 4.57 Å². The SMILES string of the molecule is C[C@H](NP(=O)(OC[C@@]1(N=[N+]=[N-])O[C@@H](N2C=CC(=O)CC2=O)[C@H](O)[C@@H]1O)Oc1cccc2ccccc12)C(=O)OCc1ccccc1. The van der Waals surface area contributed by atoms with Crippen LogP contribution in [0, 0.1) is 0 Å². The van der Waals surface area contributed by atoms with Gasteiger partial charge in [0.05, 0.1) is 13.0 Å². The van der Waals surface area contributed by atoms with E-state index in [1.54, 1.807) is 60.7 Å². The molecule has 1 unspecified atom stereocenters. The van der Waals surface area contributed by atoms with Gasteiger partial charge in [-0.05, 0) is 35.5 Å². The second-order valence-corrected chi connectivity index (χ2v) is 12.2. The first-order chi connectivity index (χ1) is 22.0. The largest absolute Gasteiger partial charge is 0.460 e. The quantitative estimate of drug-likeness (QED) is 0.0645. The normalized spacial score (nSPS) is 24.7. The molecule has 2 aliphatic heterocycles. The number of ether oxygens (including phenoxy) is 2. The zero-order chi connectivity index (χ0) is 32.9. The highest BCUT2D eigenvalue weighted by molar-refractivity contribution is 7.52. The highest BCUT2D eigenvalue weighted by atomic mass is 31.2. The van der Waals surface area contributed by atoms with Crippen molar-refractivity contribution in [2.45, 2.75) is 50.2 Å². The average molecular weight is 652 g/mol. The van der Waals surface area contributed by atoms with Crippen molar-refractivity contribution < 1.29 is 47.7 Å². The van der Waals surface area contributed by atoms with Crippen LogP contribution < -0.4 is 9.61 Å². The van der Waals surface area contributed by atoms with Crippen LogP contribution in [0.15, 0.2) is 90.2 Å². The van der Waals surface area contributed by atoms with Gasteiger partial charge in [-0.3, -0.25) is 23.8 Å². The molecule has 5 rings (SSSR count). The summed E-state index contributed by atoms with van der Waals surface area (Å²) in [5, 5.41) is 29.1.